The van der Waals surface area contributed by atoms with Gasteiger partial charge in [-0.25, -0.2) is 5.06 Å². The smallest absolute Gasteiger partial charge is 0.268 e. The van der Waals surface area contributed by atoms with Crippen LogP contribution in [0.15, 0.2) is 0 Å². The van der Waals surface area contributed by atoms with Gasteiger partial charge < -0.3 is 5.32 Å². The molecule has 1 unspecified atom stereocenters. The van der Waals surface area contributed by atoms with Crippen molar-refractivity contribution < 1.29 is 14.8 Å². The van der Waals surface area contributed by atoms with Gasteiger partial charge in [0, 0.05) is 0 Å². The van der Waals surface area contributed by atoms with E-state index in [1.54, 1.807) is 0 Å². The molecule has 1 aliphatic heterocycles. The summed E-state index contributed by atoms with van der Waals surface area (Å²) in [6.07, 6.45) is 0.940. The molecule has 2 N–H and O–H groups in total. The molecule has 0 aliphatic carbocycles. The van der Waals surface area contributed by atoms with E-state index in [0.29, 0.717) is 24.4 Å². The van der Waals surface area contributed by atoms with Crippen LogP contribution < -0.4 is 5.32 Å². The molecule has 1 aliphatic rings. The number of nitrogens with zero attached hydrogens (tertiary/aromatic N) is 1. The monoisotopic (exact) mass is 174 g/mol. The van der Waals surface area contributed by atoms with Crippen LogP contribution in [0.5, 0.6) is 0 Å². The van der Waals surface area contributed by atoms with Crippen LogP contribution in [0.1, 0.15) is 20.3 Å². The van der Waals surface area contributed by atoms with Crippen molar-refractivity contribution in [3.05, 3.63) is 0 Å². The predicted octanol–water partition coefficient (Wildman–Crippen LogP) is -0.251. The van der Waals surface area contributed by atoms with Crippen molar-refractivity contribution in [3.63, 3.8) is 0 Å². The molecule has 1 rings (SSSR count). The molecular formula is C7H14N2O3. The first-order valence-corrected chi connectivity index (χ1v) is 3.95. The summed E-state index contributed by atoms with van der Waals surface area (Å²) in [5.41, 5.74) is 0. The third kappa shape index (κ3) is 2.50. The van der Waals surface area contributed by atoms with E-state index in [1.807, 2.05) is 13.8 Å². The maximum absolute atomic E-state index is 10.7. The van der Waals surface area contributed by atoms with Gasteiger partial charge in [0.1, 0.15) is 6.04 Å². The molecule has 5 nitrogen and oxygen atoms in total. The maximum Gasteiger partial charge on any atom is 0.268 e. The van der Waals surface area contributed by atoms with Gasteiger partial charge in [0.2, 0.25) is 6.41 Å². The van der Waals surface area contributed by atoms with Gasteiger partial charge >= 0.3 is 0 Å². The first kappa shape index (κ1) is 10.9. The Morgan fingerprint density at radius 2 is 2.25 bits per heavy atom. The first-order valence-electron chi connectivity index (χ1n) is 3.95. The third-order valence-corrected chi connectivity index (χ3v) is 1.45. The van der Waals surface area contributed by atoms with Gasteiger partial charge in [0.05, 0.1) is 6.54 Å². The summed E-state index contributed by atoms with van der Waals surface area (Å²) in [5.74, 6) is -0.438. The van der Waals surface area contributed by atoms with Crippen LogP contribution in [0, 0.1) is 0 Å². The molecule has 70 valence electrons. The maximum atomic E-state index is 10.7. The van der Waals surface area contributed by atoms with Crippen molar-refractivity contribution in [1.82, 2.24) is 10.4 Å². The second-order valence-corrected chi connectivity index (χ2v) is 2.09. The molecule has 1 saturated heterocycles. The molecule has 2 amide bonds. The summed E-state index contributed by atoms with van der Waals surface area (Å²) in [6, 6.07) is -0.525. The Morgan fingerprint density at radius 1 is 1.67 bits per heavy atom. The van der Waals surface area contributed by atoms with Crippen LogP contribution in [0.25, 0.3) is 0 Å². The lowest BCUT2D eigenvalue weighted by molar-refractivity contribution is -0.158. The normalized spacial score (nSPS) is 21.4. The zero-order chi connectivity index (χ0) is 9.56. The number of nitrogens with one attached hydrogen (secondary N) is 1. The standard InChI is InChI=1S/C5H8N2O3.C2H6/c8-3-6-4-1-2-7(10)5(4)9;1-2/h3-4,10H,1-2H2,(H,6,8);1-2H3. The molecule has 5 heteroatoms. The molecule has 0 saturated carbocycles. The van der Waals surface area contributed by atoms with Gasteiger partial charge in [0.25, 0.3) is 5.91 Å². The number of carbonyl (C=O) groups is 2. The second kappa shape index (κ2) is 5.54. The fraction of sp³-hybridized carbons (Fsp3) is 0.714. The Morgan fingerprint density at radius 3 is 2.58 bits per heavy atom. The predicted molar refractivity (Wildman–Crippen MR) is 42.5 cm³/mol. The van der Waals surface area contributed by atoms with Crippen LogP contribution in [-0.4, -0.2) is 35.2 Å². The average Bonchev–Trinajstić information content (AvgIpc) is 2.41. The minimum atomic E-state index is -0.525. The molecule has 0 aromatic carbocycles. The number of rotatable bonds is 2. The highest BCUT2D eigenvalue weighted by atomic mass is 16.5. The van der Waals surface area contributed by atoms with Crippen molar-refractivity contribution in [3.8, 4) is 0 Å². The van der Waals surface area contributed by atoms with Crippen molar-refractivity contribution in [2.75, 3.05) is 6.54 Å². The Balaban J connectivity index is 0.000000561. The minimum Gasteiger partial charge on any atom is -0.347 e. The molecular weight excluding hydrogens is 160 g/mol. The summed E-state index contributed by atoms with van der Waals surface area (Å²) in [5, 5.41) is 11.6. The molecule has 0 aromatic rings. The Kier molecular flexibility index (Phi) is 5.03. The van der Waals surface area contributed by atoms with E-state index in [9.17, 15) is 9.59 Å². The fourth-order valence-corrected chi connectivity index (χ4v) is 0.902. The molecule has 1 fully saturated rings. The number of hydrogen-bond acceptors (Lipinski definition) is 3. The van der Waals surface area contributed by atoms with Gasteiger partial charge in [-0.1, -0.05) is 13.8 Å². The number of hydrogen-bond donors (Lipinski definition) is 2. The molecule has 12 heavy (non-hydrogen) atoms. The van der Waals surface area contributed by atoms with E-state index in [4.69, 9.17) is 5.21 Å². The molecule has 1 atom stereocenters. The van der Waals surface area contributed by atoms with Crippen LogP contribution in [-0.2, 0) is 9.59 Å². The van der Waals surface area contributed by atoms with Crippen LogP contribution in [0.3, 0.4) is 0 Å². The van der Waals surface area contributed by atoms with Gasteiger partial charge in [-0.05, 0) is 6.42 Å². The molecule has 0 bridgehead atoms. The highest BCUT2D eigenvalue weighted by Gasteiger charge is 2.29. The molecule has 0 aromatic heterocycles. The zero-order valence-electron chi connectivity index (χ0n) is 7.28. The van der Waals surface area contributed by atoms with Crippen LogP contribution in [0.4, 0.5) is 0 Å². The van der Waals surface area contributed by atoms with Gasteiger partial charge in [0.15, 0.2) is 0 Å². The van der Waals surface area contributed by atoms with Gasteiger partial charge in [-0.15, -0.1) is 0 Å². The lowest BCUT2D eigenvalue weighted by Crippen LogP contribution is -2.36. The van der Waals surface area contributed by atoms with E-state index in [1.165, 1.54) is 0 Å². The van der Waals surface area contributed by atoms with Crippen molar-refractivity contribution in [2.24, 2.45) is 0 Å². The topological polar surface area (TPSA) is 69.6 Å². The largest absolute Gasteiger partial charge is 0.347 e. The van der Waals surface area contributed by atoms with E-state index in [0.717, 1.165) is 0 Å². The molecule has 0 radical (unpaired) electrons. The van der Waals surface area contributed by atoms with Crippen LogP contribution in [0.2, 0.25) is 0 Å². The molecule has 0 spiro atoms. The van der Waals surface area contributed by atoms with E-state index in [2.05, 4.69) is 5.32 Å². The second-order valence-electron chi connectivity index (χ2n) is 2.09. The lowest BCUT2D eigenvalue weighted by atomic mass is 10.3. The number of carbonyl (C=O) groups excluding carboxylic acids is 2. The van der Waals surface area contributed by atoms with Crippen molar-refractivity contribution >= 4 is 12.3 Å². The van der Waals surface area contributed by atoms with E-state index < -0.39 is 11.9 Å². The first-order chi connectivity index (χ1) is 5.75. The van der Waals surface area contributed by atoms with E-state index >= 15 is 0 Å². The van der Waals surface area contributed by atoms with E-state index in [-0.39, 0.29) is 0 Å². The fourth-order valence-electron chi connectivity index (χ4n) is 0.902. The van der Waals surface area contributed by atoms with Crippen LogP contribution >= 0.6 is 0 Å². The third-order valence-electron chi connectivity index (χ3n) is 1.45. The van der Waals surface area contributed by atoms with Crippen molar-refractivity contribution in [1.29, 1.82) is 0 Å². The van der Waals surface area contributed by atoms with Crippen molar-refractivity contribution in [2.45, 2.75) is 26.3 Å². The average molecular weight is 174 g/mol. The summed E-state index contributed by atoms with van der Waals surface area (Å²) < 4.78 is 0. The summed E-state index contributed by atoms with van der Waals surface area (Å²) in [7, 11) is 0. The molecule has 1 heterocycles. The minimum absolute atomic E-state index is 0.296. The highest BCUT2D eigenvalue weighted by molar-refractivity contribution is 5.84. The van der Waals surface area contributed by atoms with Gasteiger partial charge in [-0.2, -0.15) is 0 Å². The quantitative estimate of drug-likeness (QED) is 0.448. The zero-order valence-corrected chi connectivity index (χ0v) is 7.28. The Bertz CT molecular complexity index is 161. The lowest BCUT2D eigenvalue weighted by Gasteiger charge is -2.06. The highest BCUT2D eigenvalue weighted by Crippen LogP contribution is 2.06. The Hall–Kier alpha value is -1.10. The van der Waals surface area contributed by atoms with Gasteiger partial charge in [-0.3, -0.25) is 14.8 Å². The Labute approximate surface area is 71.3 Å². The summed E-state index contributed by atoms with van der Waals surface area (Å²) >= 11 is 0. The SMILES string of the molecule is CC.O=CNC1CCN(O)C1=O. The summed E-state index contributed by atoms with van der Waals surface area (Å²) in [4.78, 5) is 20.6. The summed E-state index contributed by atoms with van der Waals surface area (Å²) in [6.45, 7) is 4.30. The number of amides is 2. The number of hydroxylamine groups is 2.